The van der Waals surface area contributed by atoms with E-state index in [1.165, 1.54) is 11.0 Å². The maximum atomic E-state index is 13.0. The van der Waals surface area contributed by atoms with Gasteiger partial charge in [0.2, 0.25) is 0 Å². The van der Waals surface area contributed by atoms with Gasteiger partial charge in [0.15, 0.2) is 10.9 Å². The molecule has 0 spiro atoms. The summed E-state index contributed by atoms with van der Waals surface area (Å²) in [5.41, 5.74) is 6.05. The Balaban J connectivity index is 1.56. The second-order valence-corrected chi connectivity index (χ2v) is 7.44. The van der Waals surface area contributed by atoms with Gasteiger partial charge < -0.3 is 16.3 Å². The van der Waals surface area contributed by atoms with Crippen LogP contribution in [0.25, 0.3) is 17.3 Å². The van der Waals surface area contributed by atoms with Gasteiger partial charge in [-0.15, -0.1) is 0 Å². The lowest BCUT2D eigenvalue weighted by molar-refractivity contribution is -0.129. The predicted octanol–water partition coefficient (Wildman–Crippen LogP) is 0.987. The average molecular weight is 461 g/mol. The molecule has 1 fully saturated rings. The number of aromatic amines is 1. The van der Waals surface area contributed by atoms with E-state index in [9.17, 15) is 9.59 Å². The van der Waals surface area contributed by atoms with E-state index in [0.29, 0.717) is 17.2 Å². The molecule has 2 aromatic heterocycles. The molecule has 1 saturated heterocycles. The maximum Gasteiger partial charge on any atom is 0.266 e. The molecule has 10 nitrogen and oxygen atoms in total. The van der Waals surface area contributed by atoms with Crippen LogP contribution in [0.2, 0.25) is 0 Å². The van der Waals surface area contributed by atoms with Gasteiger partial charge in [0.05, 0.1) is 12.2 Å². The Bertz CT molecular complexity index is 1270. The molecule has 0 bridgehead atoms. The lowest BCUT2D eigenvalue weighted by Gasteiger charge is -2.28. The molecule has 1 aromatic carbocycles. The number of nitrogens with zero attached hydrogens (tertiary/aromatic N) is 3. The smallest absolute Gasteiger partial charge is 0.266 e. The van der Waals surface area contributed by atoms with E-state index in [4.69, 9.17) is 23.9 Å². The number of rotatable bonds is 5. The number of benzene rings is 1. The third-order valence-corrected chi connectivity index (χ3v) is 5.30. The van der Waals surface area contributed by atoms with Crippen LogP contribution in [0.4, 0.5) is 0 Å². The first kappa shape index (κ1) is 21.9. The SMILES string of the molecule is N/N=C(\NN)c1ccc(-c2ccc(/C=C3\C(=O)NC(=S)N(Cc4ccccn4)C3=O)[nH]2)cc1. The van der Waals surface area contributed by atoms with Crippen molar-refractivity contribution in [3.05, 3.63) is 83.3 Å². The zero-order valence-corrected chi connectivity index (χ0v) is 18.1. The van der Waals surface area contributed by atoms with Gasteiger partial charge in [0.1, 0.15) is 5.57 Å². The third kappa shape index (κ3) is 4.63. The summed E-state index contributed by atoms with van der Waals surface area (Å²) in [7, 11) is 0. The fourth-order valence-corrected chi connectivity index (χ4v) is 3.55. The van der Waals surface area contributed by atoms with Crippen LogP contribution in [-0.4, -0.2) is 37.6 Å². The number of hydrazine groups is 1. The zero-order chi connectivity index (χ0) is 23.4. The Morgan fingerprint density at radius 2 is 1.94 bits per heavy atom. The van der Waals surface area contributed by atoms with E-state index >= 15 is 0 Å². The number of pyridine rings is 1. The van der Waals surface area contributed by atoms with Crippen molar-refractivity contribution >= 4 is 41.1 Å². The molecule has 0 atom stereocenters. The molecule has 0 saturated carbocycles. The molecule has 3 aromatic rings. The van der Waals surface area contributed by atoms with Crippen LogP contribution in [0, 0.1) is 0 Å². The highest BCUT2D eigenvalue weighted by Crippen LogP contribution is 2.22. The molecule has 1 aliphatic heterocycles. The van der Waals surface area contributed by atoms with Crippen molar-refractivity contribution < 1.29 is 9.59 Å². The number of aromatic nitrogens is 2. The Morgan fingerprint density at radius 3 is 2.61 bits per heavy atom. The van der Waals surface area contributed by atoms with Crippen LogP contribution in [0.3, 0.4) is 0 Å². The van der Waals surface area contributed by atoms with E-state index < -0.39 is 11.8 Å². The Labute approximate surface area is 194 Å². The van der Waals surface area contributed by atoms with Crippen molar-refractivity contribution in [2.45, 2.75) is 6.54 Å². The monoisotopic (exact) mass is 460 g/mol. The summed E-state index contributed by atoms with van der Waals surface area (Å²) < 4.78 is 0. The minimum Gasteiger partial charge on any atom is -0.355 e. The number of hydrogen-bond acceptors (Lipinski definition) is 7. The molecular weight excluding hydrogens is 440 g/mol. The van der Waals surface area contributed by atoms with Gasteiger partial charge in [-0.05, 0) is 48.1 Å². The van der Waals surface area contributed by atoms with Gasteiger partial charge in [-0.3, -0.25) is 24.8 Å². The molecule has 1 aliphatic rings. The zero-order valence-electron chi connectivity index (χ0n) is 17.3. The van der Waals surface area contributed by atoms with Gasteiger partial charge in [0, 0.05) is 23.1 Å². The number of carbonyl (C=O) groups excluding carboxylic acids is 2. The van der Waals surface area contributed by atoms with E-state index in [2.05, 4.69) is 25.8 Å². The molecule has 3 heterocycles. The second kappa shape index (κ2) is 9.42. The molecular formula is C22H20N8O2S. The first-order chi connectivity index (χ1) is 16.0. The standard InChI is InChI=1S/C22H20N8O2S/c23-28-19(29-24)14-6-4-13(5-7-14)18-9-8-15(26-18)11-17-20(31)27-22(33)30(21(17)32)12-16-3-1-2-10-25-16/h1-11,26H,12,23-24H2,(H,28,29)(H,27,31,33)/b17-11+. The first-order valence-electron chi connectivity index (χ1n) is 9.83. The Kier molecular flexibility index (Phi) is 6.24. The molecule has 7 N–H and O–H groups in total. The lowest BCUT2D eigenvalue weighted by atomic mass is 10.1. The van der Waals surface area contributed by atoms with Crippen molar-refractivity contribution in [1.82, 2.24) is 25.6 Å². The second-order valence-electron chi connectivity index (χ2n) is 7.06. The van der Waals surface area contributed by atoms with Crippen LogP contribution in [-0.2, 0) is 16.1 Å². The van der Waals surface area contributed by atoms with E-state index in [1.807, 2.05) is 36.4 Å². The Hall–Kier alpha value is -4.35. The summed E-state index contributed by atoms with van der Waals surface area (Å²) in [4.78, 5) is 34.2. The van der Waals surface area contributed by atoms with Gasteiger partial charge in [-0.1, -0.05) is 30.3 Å². The highest BCUT2D eigenvalue weighted by Gasteiger charge is 2.33. The number of hydrogen-bond donors (Lipinski definition) is 5. The Morgan fingerprint density at radius 1 is 1.15 bits per heavy atom. The predicted molar refractivity (Wildman–Crippen MR) is 128 cm³/mol. The van der Waals surface area contributed by atoms with Crippen molar-refractivity contribution in [2.75, 3.05) is 0 Å². The third-order valence-electron chi connectivity index (χ3n) is 4.98. The number of nitrogens with one attached hydrogen (secondary N) is 3. The number of nitrogens with two attached hydrogens (primary N) is 2. The molecule has 0 unspecified atom stereocenters. The minimum atomic E-state index is -0.550. The van der Waals surface area contributed by atoms with Crippen LogP contribution in [0.1, 0.15) is 17.0 Å². The van der Waals surface area contributed by atoms with Gasteiger partial charge in [-0.2, -0.15) is 5.10 Å². The number of H-pyrrole nitrogens is 1. The average Bonchev–Trinajstić information content (AvgIpc) is 3.30. The van der Waals surface area contributed by atoms with Crippen molar-refractivity contribution in [2.24, 2.45) is 16.8 Å². The molecule has 2 amide bonds. The number of thiocarbonyl (C=S) groups is 1. The number of hydrazone groups is 1. The van der Waals surface area contributed by atoms with Crippen LogP contribution in [0.5, 0.6) is 0 Å². The van der Waals surface area contributed by atoms with Crippen LogP contribution >= 0.6 is 12.2 Å². The fourth-order valence-electron chi connectivity index (χ4n) is 3.31. The highest BCUT2D eigenvalue weighted by molar-refractivity contribution is 7.80. The summed E-state index contributed by atoms with van der Waals surface area (Å²) in [6, 6.07) is 16.4. The molecule has 166 valence electrons. The lowest BCUT2D eigenvalue weighted by Crippen LogP contribution is -2.53. The van der Waals surface area contributed by atoms with Crippen molar-refractivity contribution in [3.8, 4) is 11.3 Å². The van der Waals surface area contributed by atoms with Gasteiger partial charge >= 0.3 is 0 Å². The summed E-state index contributed by atoms with van der Waals surface area (Å²) in [5.74, 6) is 10.0. The highest BCUT2D eigenvalue weighted by atomic mass is 32.1. The van der Waals surface area contributed by atoms with Crippen molar-refractivity contribution in [3.63, 3.8) is 0 Å². The maximum absolute atomic E-state index is 13.0. The normalized spacial score (nSPS) is 15.7. The summed E-state index contributed by atoms with van der Waals surface area (Å²) in [6.07, 6.45) is 3.13. The van der Waals surface area contributed by atoms with Gasteiger partial charge in [0.25, 0.3) is 11.8 Å². The number of carbonyl (C=O) groups is 2. The van der Waals surface area contributed by atoms with E-state index in [0.717, 1.165) is 16.8 Å². The van der Waals surface area contributed by atoms with Gasteiger partial charge in [-0.25, -0.2) is 5.84 Å². The molecule has 11 heteroatoms. The fraction of sp³-hybridized carbons (Fsp3) is 0.0455. The molecule has 4 rings (SSSR count). The largest absolute Gasteiger partial charge is 0.355 e. The van der Waals surface area contributed by atoms with Crippen LogP contribution < -0.4 is 22.4 Å². The van der Waals surface area contributed by atoms with Crippen molar-refractivity contribution in [1.29, 1.82) is 0 Å². The number of amidine groups is 1. The number of amides is 2. The topological polar surface area (TPSA) is 155 Å². The van der Waals surface area contributed by atoms with E-state index in [-0.39, 0.29) is 17.2 Å². The quantitative estimate of drug-likeness (QED) is 0.0723. The minimum absolute atomic E-state index is 0.0268. The first-order valence-corrected chi connectivity index (χ1v) is 10.2. The van der Waals surface area contributed by atoms with Crippen LogP contribution in [0.15, 0.2) is 71.5 Å². The van der Waals surface area contributed by atoms with E-state index in [1.54, 1.807) is 24.4 Å². The molecule has 33 heavy (non-hydrogen) atoms. The molecule has 0 aliphatic carbocycles. The summed E-state index contributed by atoms with van der Waals surface area (Å²) in [5, 5.41) is 6.19. The summed E-state index contributed by atoms with van der Waals surface area (Å²) in [6.45, 7) is 0.157. The molecule has 0 radical (unpaired) electrons. The summed E-state index contributed by atoms with van der Waals surface area (Å²) >= 11 is 5.19.